The van der Waals surface area contributed by atoms with E-state index in [1.165, 1.54) is 12.7 Å². The normalized spacial score (nSPS) is 32.2. The molecule has 1 rings (SSSR count). The van der Waals surface area contributed by atoms with Crippen molar-refractivity contribution in [3.05, 3.63) is 17.1 Å². The summed E-state index contributed by atoms with van der Waals surface area (Å²) >= 11 is 0. The molecule has 1 heterocycles. The minimum Gasteiger partial charge on any atom is -0.386 e. The number of rotatable bonds is 1. The van der Waals surface area contributed by atoms with Crippen LogP contribution < -0.4 is 0 Å². The van der Waals surface area contributed by atoms with Gasteiger partial charge in [-0.1, -0.05) is 0 Å². The fourth-order valence-corrected chi connectivity index (χ4v) is 2.25. The van der Waals surface area contributed by atoms with E-state index in [0.29, 0.717) is 0 Å². The Balaban J connectivity index is 2.89. The van der Waals surface area contributed by atoms with Gasteiger partial charge in [-0.25, -0.2) is 9.36 Å². The van der Waals surface area contributed by atoms with E-state index in [1.807, 2.05) is 0 Å². The lowest BCUT2D eigenvalue weighted by atomic mass is 10.4. The van der Waals surface area contributed by atoms with Gasteiger partial charge in [0.1, 0.15) is 0 Å². The summed E-state index contributed by atoms with van der Waals surface area (Å²) in [6.07, 6.45) is -0.749. The van der Waals surface area contributed by atoms with Crippen LogP contribution in [0.4, 0.5) is 0 Å². The second-order valence-electron chi connectivity index (χ2n) is 2.97. The topological polar surface area (TPSA) is 52.6 Å². The molecule has 0 spiro atoms. The molecule has 13 heavy (non-hydrogen) atoms. The van der Waals surface area contributed by atoms with E-state index in [9.17, 15) is 9.36 Å². The Morgan fingerprint density at radius 2 is 2.23 bits per heavy atom. The van der Waals surface area contributed by atoms with Gasteiger partial charge in [0.2, 0.25) is 0 Å². The first-order valence-corrected chi connectivity index (χ1v) is 5.47. The molecule has 0 aromatic heterocycles. The Morgan fingerprint density at radius 1 is 1.62 bits per heavy atom. The van der Waals surface area contributed by atoms with Gasteiger partial charge in [0.25, 0.3) is 0 Å². The van der Waals surface area contributed by atoms with Crippen molar-refractivity contribution in [3.8, 4) is 0 Å². The van der Waals surface area contributed by atoms with Crippen molar-refractivity contribution in [2.24, 2.45) is 0 Å². The predicted octanol–water partition coefficient (Wildman–Crippen LogP) is 2.22. The maximum absolute atomic E-state index is 11.5. The fraction of sp³-hybridized carbons (Fsp3) is 0.500. The van der Waals surface area contributed by atoms with Crippen LogP contribution in [-0.2, 0) is 18.4 Å². The molecule has 1 aliphatic rings. The van der Waals surface area contributed by atoms with Gasteiger partial charge in [0.15, 0.2) is 6.10 Å². The van der Waals surface area contributed by atoms with Crippen LogP contribution in [0.15, 0.2) is 17.1 Å². The number of allylic oxidation sites excluding steroid dienone is 1. The van der Waals surface area contributed by atoms with Crippen LogP contribution in [0.2, 0.25) is 0 Å². The minimum atomic E-state index is -3.34. The van der Waals surface area contributed by atoms with Gasteiger partial charge < -0.3 is 4.52 Å². The third kappa shape index (κ3) is 2.56. The molecule has 1 saturated heterocycles. The lowest BCUT2D eigenvalue weighted by Crippen LogP contribution is -2.09. The SMILES string of the molecule is CC(C)=C=CP1(=O)OC(=O)C(C)O1. The number of hydrogen-bond acceptors (Lipinski definition) is 4. The maximum Gasteiger partial charge on any atom is 0.414 e. The highest BCUT2D eigenvalue weighted by molar-refractivity contribution is 7.58. The van der Waals surface area contributed by atoms with Gasteiger partial charge in [0.05, 0.1) is 5.82 Å². The highest BCUT2D eigenvalue weighted by Crippen LogP contribution is 2.55. The second kappa shape index (κ2) is 3.51. The molecule has 4 nitrogen and oxygen atoms in total. The van der Waals surface area contributed by atoms with Crippen molar-refractivity contribution in [1.29, 1.82) is 0 Å². The van der Waals surface area contributed by atoms with E-state index in [1.54, 1.807) is 13.8 Å². The molecule has 0 aromatic carbocycles. The molecule has 1 aliphatic heterocycles. The van der Waals surface area contributed by atoms with Gasteiger partial charge >= 0.3 is 13.6 Å². The maximum atomic E-state index is 11.5. The van der Waals surface area contributed by atoms with Gasteiger partial charge in [-0.05, 0) is 26.3 Å². The summed E-state index contributed by atoms with van der Waals surface area (Å²) in [7, 11) is -3.34. The summed E-state index contributed by atoms with van der Waals surface area (Å²) in [4.78, 5) is 10.9. The molecule has 0 saturated carbocycles. The van der Waals surface area contributed by atoms with Crippen molar-refractivity contribution >= 4 is 13.6 Å². The molecule has 0 N–H and O–H groups in total. The highest BCUT2D eigenvalue weighted by Gasteiger charge is 2.40. The van der Waals surface area contributed by atoms with E-state index >= 15 is 0 Å². The van der Waals surface area contributed by atoms with E-state index in [-0.39, 0.29) is 0 Å². The van der Waals surface area contributed by atoms with Gasteiger partial charge in [-0.2, -0.15) is 0 Å². The van der Waals surface area contributed by atoms with E-state index in [0.717, 1.165) is 5.57 Å². The number of hydrogen-bond donors (Lipinski definition) is 0. The van der Waals surface area contributed by atoms with Crippen LogP contribution in [0.25, 0.3) is 0 Å². The van der Waals surface area contributed by atoms with Crippen molar-refractivity contribution in [3.63, 3.8) is 0 Å². The standard InChI is InChI=1S/C8H11O4P/c1-6(2)4-5-13(10)11-7(3)8(9)12-13/h5,7H,1-3H3. The molecule has 2 atom stereocenters. The summed E-state index contributed by atoms with van der Waals surface area (Å²) < 4.78 is 21.0. The third-order valence-corrected chi connectivity index (χ3v) is 2.86. The first-order chi connectivity index (χ1) is 5.93. The Bertz CT molecular complexity index is 334. The van der Waals surface area contributed by atoms with Crippen LogP contribution in [0.1, 0.15) is 20.8 Å². The first-order valence-electron chi connectivity index (χ1n) is 3.85. The molecule has 5 heteroatoms. The molecule has 0 aromatic rings. The van der Waals surface area contributed by atoms with Crippen molar-refractivity contribution < 1.29 is 18.4 Å². The molecule has 1 fully saturated rings. The molecule has 0 bridgehead atoms. The zero-order valence-electron chi connectivity index (χ0n) is 7.73. The van der Waals surface area contributed by atoms with Crippen LogP contribution in [0.3, 0.4) is 0 Å². The van der Waals surface area contributed by atoms with E-state index in [4.69, 9.17) is 4.52 Å². The molecule has 72 valence electrons. The first kappa shape index (κ1) is 10.3. The van der Waals surface area contributed by atoms with Crippen LogP contribution in [0, 0.1) is 0 Å². The second-order valence-corrected chi connectivity index (χ2v) is 4.70. The molecular formula is C8H11O4P. The van der Waals surface area contributed by atoms with Crippen LogP contribution >= 0.6 is 7.60 Å². The lowest BCUT2D eigenvalue weighted by molar-refractivity contribution is -0.135. The number of carbonyl (C=O) groups excluding carboxylic acids is 1. The van der Waals surface area contributed by atoms with Crippen molar-refractivity contribution in [1.82, 2.24) is 0 Å². The third-order valence-electron chi connectivity index (χ3n) is 1.37. The minimum absolute atomic E-state index is 0.588. The number of carbonyl (C=O) groups is 1. The Kier molecular flexibility index (Phi) is 2.77. The van der Waals surface area contributed by atoms with E-state index in [2.05, 4.69) is 10.3 Å². The van der Waals surface area contributed by atoms with Gasteiger partial charge in [0, 0.05) is 0 Å². The Morgan fingerprint density at radius 3 is 2.62 bits per heavy atom. The lowest BCUT2D eigenvalue weighted by Gasteiger charge is -1.99. The largest absolute Gasteiger partial charge is 0.414 e. The highest BCUT2D eigenvalue weighted by atomic mass is 31.2. The summed E-state index contributed by atoms with van der Waals surface area (Å²) in [5.41, 5.74) is 3.54. The Labute approximate surface area is 76.8 Å². The van der Waals surface area contributed by atoms with Crippen LogP contribution in [-0.4, -0.2) is 12.1 Å². The smallest absolute Gasteiger partial charge is 0.386 e. The fourth-order valence-electron chi connectivity index (χ4n) is 0.750. The zero-order chi connectivity index (χ0) is 10.1. The average Bonchev–Trinajstić information content (AvgIpc) is 2.24. The Hall–Kier alpha value is -0.820. The summed E-state index contributed by atoms with van der Waals surface area (Å²) in [6, 6.07) is 0. The summed E-state index contributed by atoms with van der Waals surface area (Å²) in [5, 5.41) is 0. The van der Waals surface area contributed by atoms with Gasteiger partial charge in [-0.3, -0.25) is 4.52 Å². The molecular weight excluding hydrogens is 191 g/mol. The summed E-state index contributed by atoms with van der Waals surface area (Å²) in [6.45, 7) is 5.09. The summed E-state index contributed by atoms with van der Waals surface area (Å²) in [5.74, 6) is 0.596. The van der Waals surface area contributed by atoms with E-state index < -0.39 is 19.7 Å². The quantitative estimate of drug-likeness (QED) is 0.483. The average molecular weight is 202 g/mol. The predicted molar refractivity (Wildman–Crippen MR) is 47.2 cm³/mol. The molecule has 2 unspecified atom stereocenters. The van der Waals surface area contributed by atoms with Crippen LogP contribution in [0.5, 0.6) is 0 Å². The van der Waals surface area contributed by atoms with Crippen molar-refractivity contribution in [2.75, 3.05) is 0 Å². The zero-order valence-corrected chi connectivity index (χ0v) is 8.63. The molecule has 0 radical (unpaired) electrons. The monoisotopic (exact) mass is 202 g/mol. The van der Waals surface area contributed by atoms with Crippen molar-refractivity contribution in [2.45, 2.75) is 26.9 Å². The molecule has 0 aliphatic carbocycles. The van der Waals surface area contributed by atoms with Gasteiger partial charge in [-0.15, -0.1) is 5.73 Å². The molecule has 0 amide bonds.